The van der Waals surface area contributed by atoms with Crippen LogP contribution in [0.2, 0.25) is 0 Å². The lowest BCUT2D eigenvalue weighted by Gasteiger charge is -2.30. The van der Waals surface area contributed by atoms with Gasteiger partial charge in [-0.2, -0.15) is 0 Å². The Balaban J connectivity index is 1.85. The van der Waals surface area contributed by atoms with Gasteiger partial charge in [-0.3, -0.25) is 4.79 Å². The number of para-hydroxylation sites is 2. The van der Waals surface area contributed by atoms with Gasteiger partial charge in [0.25, 0.3) is 0 Å². The molecule has 0 saturated carbocycles. The SMILES string of the molecule is CCN(CC1COc2ccccc2O1)C(=O)NCCC(=O)O. The molecule has 1 aromatic carbocycles. The maximum Gasteiger partial charge on any atom is 0.317 e. The van der Waals surface area contributed by atoms with E-state index in [0.29, 0.717) is 31.2 Å². The minimum Gasteiger partial charge on any atom is -0.486 e. The maximum atomic E-state index is 12.0. The van der Waals surface area contributed by atoms with E-state index in [2.05, 4.69) is 5.32 Å². The fraction of sp³-hybridized carbons (Fsp3) is 0.467. The molecule has 0 bridgehead atoms. The second kappa shape index (κ2) is 7.53. The van der Waals surface area contributed by atoms with Crippen LogP contribution in [0.3, 0.4) is 0 Å². The Hall–Kier alpha value is -2.44. The van der Waals surface area contributed by atoms with E-state index in [0.717, 1.165) is 0 Å². The molecule has 2 N–H and O–H groups in total. The Morgan fingerprint density at radius 2 is 2.09 bits per heavy atom. The van der Waals surface area contributed by atoms with E-state index < -0.39 is 5.97 Å². The van der Waals surface area contributed by atoms with E-state index in [-0.39, 0.29) is 25.1 Å². The molecule has 0 fully saturated rings. The van der Waals surface area contributed by atoms with Crippen LogP contribution in [0, 0.1) is 0 Å². The quantitative estimate of drug-likeness (QED) is 0.828. The number of hydrogen-bond donors (Lipinski definition) is 2. The van der Waals surface area contributed by atoms with Crippen molar-refractivity contribution in [3.63, 3.8) is 0 Å². The third-order valence-electron chi connectivity index (χ3n) is 3.28. The van der Waals surface area contributed by atoms with Gasteiger partial charge >= 0.3 is 12.0 Å². The summed E-state index contributed by atoms with van der Waals surface area (Å²) in [4.78, 5) is 24.0. The van der Waals surface area contributed by atoms with E-state index >= 15 is 0 Å². The molecule has 1 heterocycles. The number of ether oxygens (including phenoxy) is 2. The van der Waals surface area contributed by atoms with Crippen molar-refractivity contribution in [3.05, 3.63) is 24.3 Å². The molecule has 120 valence electrons. The molecule has 1 unspecified atom stereocenters. The number of fused-ring (bicyclic) bond motifs is 1. The first kappa shape index (κ1) is 15.9. The van der Waals surface area contributed by atoms with Gasteiger partial charge in [0, 0.05) is 13.1 Å². The number of carbonyl (C=O) groups excluding carboxylic acids is 1. The topological polar surface area (TPSA) is 88.1 Å². The zero-order valence-corrected chi connectivity index (χ0v) is 12.4. The Bertz CT molecular complexity index is 534. The smallest absolute Gasteiger partial charge is 0.317 e. The molecule has 0 aliphatic carbocycles. The third kappa shape index (κ3) is 4.28. The van der Waals surface area contributed by atoms with Crippen molar-refractivity contribution < 1.29 is 24.2 Å². The summed E-state index contributed by atoms with van der Waals surface area (Å²) in [6, 6.07) is 7.09. The molecule has 7 nitrogen and oxygen atoms in total. The molecule has 0 saturated heterocycles. The van der Waals surface area contributed by atoms with Gasteiger partial charge in [-0.05, 0) is 19.1 Å². The maximum absolute atomic E-state index is 12.0. The van der Waals surface area contributed by atoms with Crippen molar-refractivity contribution >= 4 is 12.0 Å². The highest BCUT2D eigenvalue weighted by molar-refractivity contribution is 5.75. The molecule has 0 aromatic heterocycles. The normalized spacial score (nSPS) is 16.0. The zero-order valence-electron chi connectivity index (χ0n) is 12.4. The molecule has 1 atom stereocenters. The number of carboxylic acids is 1. The molecule has 7 heteroatoms. The third-order valence-corrected chi connectivity index (χ3v) is 3.28. The van der Waals surface area contributed by atoms with Crippen molar-refractivity contribution in [2.45, 2.75) is 19.4 Å². The first-order chi connectivity index (χ1) is 10.6. The molecule has 0 radical (unpaired) electrons. The van der Waals surface area contributed by atoms with Gasteiger partial charge in [0.2, 0.25) is 0 Å². The highest BCUT2D eigenvalue weighted by atomic mass is 16.6. The average molecular weight is 308 g/mol. The Kier molecular flexibility index (Phi) is 5.46. The first-order valence-electron chi connectivity index (χ1n) is 7.23. The van der Waals surface area contributed by atoms with Crippen LogP contribution in [0.5, 0.6) is 11.5 Å². The highest BCUT2D eigenvalue weighted by Gasteiger charge is 2.24. The van der Waals surface area contributed by atoms with E-state index in [9.17, 15) is 9.59 Å². The van der Waals surface area contributed by atoms with Crippen LogP contribution in [-0.4, -0.2) is 54.4 Å². The molecule has 1 aliphatic heterocycles. The number of amides is 2. The van der Waals surface area contributed by atoms with Gasteiger partial charge in [-0.15, -0.1) is 0 Å². The number of likely N-dealkylation sites (N-methyl/N-ethyl adjacent to an activating group) is 1. The largest absolute Gasteiger partial charge is 0.486 e. The Morgan fingerprint density at radius 3 is 2.77 bits per heavy atom. The summed E-state index contributed by atoms with van der Waals surface area (Å²) in [6.07, 6.45) is -0.347. The molecule has 0 spiro atoms. The van der Waals surface area contributed by atoms with Crippen LogP contribution < -0.4 is 14.8 Å². The van der Waals surface area contributed by atoms with Crippen LogP contribution in [0.4, 0.5) is 4.79 Å². The number of carbonyl (C=O) groups is 2. The summed E-state index contributed by atoms with van der Waals surface area (Å²) in [7, 11) is 0. The summed E-state index contributed by atoms with van der Waals surface area (Å²) >= 11 is 0. The van der Waals surface area contributed by atoms with Crippen LogP contribution >= 0.6 is 0 Å². The van der Waals surface area contributed by atoms with Gasteiger partial charge < -0.3 is 24.8 Å². The summed E-state index contributed by atoms with van der Waals surface area (Å²) in [5, 5.41) is 11.2. The fourth-order valence-corrected chi connectivity index (χ4v) is 2.14. The highest BCUT2D eigenvalue weighted by Crippen LogP contribution is 2.30. The van der Waals surface area contributed by atoms with E-state index in [1.807, 2.05) is 31.2 Å². The second-order valence-electron chi connectivity index (χ2n) is 4.91. The number of carboxylic acid groups (broad SMARTS) is 1. The lowest BCUT2D eigenvalue weighted by atomic mass is 10.2. The van der Waals surface area contributed by atoms with Crippen molar-refractivity contribution in [3.8, 4) is 11.5 Å². The average Bonchev–Trinajstić information content (AvgIpc) is 2.52. The van der Waals surface area contributed by atoms with Gasteiger partial charge in [0.1, 0.15) is 6.61 Å². The van der Waals surface area contributed by atoms with Crippen LogP contribution in [0.25, 0.3) is 0 Å². The van der Waals surface area contributed by atoms with Crippen LogP contribution in [0.15, 0.2) is 24.3 Å². The standard InChI is InChI=1S/C15H20N2O5/c1-2-17(15(20)16-8-7-14(18)19)9-11-10-21-12-5-3-4-6-13(12)22-11/h3-6,11H,2,7-10H2,1H3,(H,16,20)(H,18,19). The summed E-state index contributed by atoms with van der Waals surface area (Å²) < 4.78 is 11.4. The monoisotopic (exact) mass is 308 g/mol. The van der Waals surface area contributed by atoms with Gasteiger partial charge in [0.15, 0.2) is 17.6 Å². The molecule has 2 rings (SSSR count). The number of rotatable bonds is 6. The number of benzene rings is 1. The molecule has 22 heavy (non-hydrogen) atoms. The number of nitrogens with one attached hydrogen (secondary N) is 1. The van der Waals surface area contributed by atoms with Crippen molar-refractivity contribution in [1.29, 1.82) is 0 Å². The van der Waals surface area contributed by atoms with Gasteiger partial charge in [-0.25, -0.2) is 4.79 Å². The van der Waals surface area contributed by atoms with Gasteiger partial charge in [-0.1, -0.05) is 12.1 Å². The van der Waals surface area contributed by atoms with Crippen molar-refractivity contribution in [1.82, 2.24) is 10.2 Å². The van der Waals surface area contributed by atoms with Crippen LogP contribution in [0.1, 0.15) is 13.3 Å². The van der Waals surface area contributed by atoms with Crippen molar-refractivity contribution in [2.75, 3.05) is 26.2 Å². The fourth-order valence-electron chi connectivity index (χ4n) is 2.14. The number of aliphatic carboxylic acids is 1. The van der Waals surface area contributed by atoms with Gasteiger partial charge in [0.05, 0.1) is 13.0 Å². The summed E-state index contributed by atoms with van der Waals surface area (Å²) in [5.74, 6) is 0.428. The molecule has 1 aliphatic rings. The Morgan fingerprint density at radius 1 is 1.36 bits per heavy atom. The predicted octanol–water partition coefficient (Wildman–Crippen LogP) is 1.33. The lowest BCUT2D eigenvalue weighted by molar-refractivity contribution is -0.136. The lowest BCUT2D eigenvalue weighted by Crippen LogP contribution is -2.47. The van der Waals surface area contributed by atoms with E-state index in [1.54, 1.807) is 4.90 Å². The second-order valence-corrected chi connectivity index (χ2v) is 4.91. The van der Waals surface area contributed by atoms with E-state index in [1.165, 1.54) is 0 Å². The zero-order chi connectivity index (χ0) is 15.9. The Labute approximate surface area is 128 Å². The van der Waals surface area contributed by atoms with Crippen molar-refractivity contribution in [2.24, 2.45) is 0 Å². The minimum atomic E-state index is -0.941. The number of urea groups is 1. The number of hydrogen-bond acceptors (Lipinski definition) is 4. The molecular formula is C15H20N2O5. The molecule has 1 aromatic rings. The van der Waals surface area contributed by atoms with E-state index in [4.69, 9.17) is 14.6 Å². The predicted molar refractivity (Wildman–Crippen MR) is 79.3 cm³/mol. The molecule has 2 amide bonds. The first-order valence-corrected chi connectivity index (χ1v) is 7.23. The minimum absolute atomic E-state index is 0.0975. The molecular weight excluding hydrogens is 288 g/mol. The number of nitrogens with zero attached hydrogens (tertiary/aromatic N) is 1. The summed E-state index contributed by atoms with van der Waals surface area (Å²) in [5.41, 5.74) is 0. The van der Waals surface area contributed by atoms with Crippen LogP contribution in [-0.2, 0) is 4.79 Å². The summed E-state index contributed by atoms with van der Waals surface area (Å²) in [6.45, 7) is 3.21.